The van der Waals surface area contributed by atoms with Gasteiger partial charge in [0, 0.05) is 36.6 Å². The predicted molar refractivity (Wildman–Crippen MR) is 104 cm³/mol. The lowest BCUT2D eigenvalue weighted by atomic mass is 9.92. The van der Waals surface area contributed by atoms with Gasteiger partial charge >= 0.3 is 0 Å². The summed E-state index contributed by atoms with van der Waals surface area (Å²) in [5.41, 5.74) is 0.902. The Bertz CT molecular complexity index is 664. The van der Waals surface area contributed by atoms with Crippen molar-refractivity contribution in [3.63, 3.8) is 0 Å². The molecular formula is C20H27N3O2S. The maximum absolute atomic E-state index is 13.0. The summed E-state index contributed by atoms with van der Waals surface area (Å²) in [5, 5.41) is 3.47. The lowest BCUT2D eigenvalue weighted by Gasteiger charge is -2.24. The van der Waals surface area contributed by atoms with Crippen LogP contribution in [-0.4, -0.2) is 55.7 Å². The number of carbonyl (C=O) groups excluding carboxylic acids is 2. The SMILES string of the molecule is CSc1ccc(N2CC(C(=O)N3CC[C@@H]4CNC[C@@H]4CC3)CC2=O)cc1. The Labute approximate surface area is 159 Å². The van der Waals surface area contributed by atoms with Crippen molar-refractivity contribution in [2.45, 2.75) is 24.2 Å². The van der Waals surface area contributed by atoms with Crippen LogP contribution in [-0.2, 0) is 9.59 Å². The van der Waals surface area contributed by atoms with E-state index in [0.29, 0.717) is 24.8 Å². The largest absolute Gasteiger partial charge is 0.342 e. The summed E-state index contributed by atoms with van der Waals surface area (Å²) in [4.78, 5) is 30.5. The van der Waals surface area contributed by atoms with E-state index in [1.165, 1.54) is 4.90 Å². The third-order valence-electron chi connectivity index (χ3n) is 6.19. The van der Waals surface area contributed by atoms with Gasteiger partial charge in [-0.05, 0) is 68.3 Å². The molecule has 0 saturated carbocycles. The van der Waals surface area contributed by atoms with Gasteiger partial charge in [0.2, 0.25) is 11.8 Å². The van der Waals surface area contributed by atoms with Gasteiger partial charge in [0.1, 0.15) is 0 Å². The molecule has 3 aliphatic heterocycles. The first kappa shape index (κ1) is 17.9. The molecule has 3 aliphatic rings. The van der Waals surface area contributed by atoms with E-state index in [4.69, 9.17) is 0 Å². The smallest absolute Gasteiger partial charge is 0.228 e. The van der Waals surface area contributed by atoms with Crippen molar-refractivity contribution in [1.29, 1.82) is 0 Å². The average Bonchev–Trinajstić information content (AvgIpc) is 3.23. The fraction of sp³-hybridized carbons (Fsp3) is 0.600. The van der Waals surface area contributed by atoms with Gasteiger partial charge in [-0.2, -0.15) is 0 Å². The van der Waals surface area contributed by atoms with Crippen LogP contribution in [0.1, 0.15) is 19.3 Å². The molecule has 4 rings (SSSR count). The predicted octanol–water partition coefficient (Wildman–Crippen LogP) is 2.22. The highest BCUT2D eigenvalue weighted by atomic mass is 32.2. The number of likely N-dealkylation sites (tertiary alicyclic amines) is 1. The average molecular weight is 374 g/mol. The summed E-state index contributed by atoms with van der Waals surface area (Å²) in [5.74, 6) is 1.47. The quantitative estimate of drug-likeness (QED) is 0.826. The number of anilines is 1. The van der Waals surface area contributed by atoms with Gasteiger partial charge in [-0.1, -0.05) is 0 Å². The molecule has 26 heavy (non-hydrogen) atoms. The molecule has 0 bridgehead atoms. The Morgan fingerprint density at radius 3 is 2.38 bits per heavy atom. The van der Waals surface area contributed by atoms with Crippen molar-refractivity contribution in [2.24, 2.45) is 17.8 Å². The normalized spacial score (nSPS) is 29.0. The van der Waals surface area contributed by atoms with Gasteiger partial charge < -0.3 is 15.1 Å². The summed E-state index contributed by atoms with van der Waals surface area (Å²) >= 11 is 1.69. The van der Waals surface area contributed by atoms with E-state index in [-0.39, 0.29) is 17.7 Å². The molecule has 2 amide bonds. The lowest BCUT2D eigenvalue weighted by Crippen LogP contribution is -2.38. The number of fused-ring (bicyclic) bond motifs is 1. The molecular weight excluding hydrogens is 346 g/mol. The summed E-state index contributed by atoms with van der Waals surface area (Å²) in [6.45, 7) is 4.38. The molecule has 3 fully saturated rings. The summed E-state index contributed by atoms with van der Waals surface area (Å²) < 4.78 is 0. The zero-order valence-electron chi connectivity index (χ0n) is 15.3. The first-order valence-corrected chi connectivity index (χ1v) is 10.8. The monoisotopic (exact) mass is 373 g/mol. The van der Waals surface area contributed by atoms with Gasteiger partial charge in [-0.25, -0.2) is 0 Å². The van der Waals surface area contributed by atoms with Crippen LogP contribution in [0.2, 0.25) is 0 Å². The highest BCUT2D eigenvalue weighted by molar-refractivity contribution is 7.98. The zero-order valence-corrected chi connectivity index (χ0v) is 16.1. The van der Waals surface area contributed by atoms with Crippen LogP contribution in [0.3, 0.4) is 0 Å². The molecule has 1 N–H and O–H groups in total. The molecule has 1 aromatic carbocycles. The molecule has 5 nitrogen and oxygen atoms in total. The van der Waals surface area contributed by atoms with Crippen LogP contribution in [0.25, 0.3) is 0 Å². The van der Waals surface area contributed by atoms with Crippen molar-refractivity contribution >= 4 is 29.3 Å². The van der Waals surface area contributed by atoms with E-state index in [2.05, 4.69) is 5.32 Å². The molecule has 0 spiro atoms. The maximum atomic E-state index is 13.0. The minimum absolute atomic E-state index is 0.0659. The molecule has 6 heteroatoms. The standard InChI is InChI=1S/C20H27N3O2S/c1-26-18-4-2-17(3-5-18)23-13-16(10-19(23)24)20(25)22-8-6-14-11-21-12-15(14)7-9-22/h2-5,14-16,21H,6-13H2,1H3/t14-,15+,16?. The molecule has 1 aromatic rings. The molecule has 3 atom stereocenters. The van der Waals surface area contributed by atoms with Crippen molar-refractivity contribution in [2.75, 3.05) is 43.9 Å². The van der Waals surface area contributed by atoms with Crippen molar-refractivity contribution < 1.29 is 9.59 Å². The zero-order chi connectivity index (χ0) is 18.1. The number of hydrogen-bond donors (Lipinski definition) is 1. The minimum atomic E-state index is -0.196. The van der Waals surface area contributed by atoms with E-state index in [1.807, 2.05) is 35.4 Å². The highest BCUT2D eigenvalue weighted by Crippen LogP contribution is 2.31. The Morgan fingerprint density at radius 2 is 1.77 bits per heavy atom. The fourth-order valence-electron chi connectivity index (χ4n) is 4.58. The summed E-state index contributed by atoms with van der Waals surface area (Å²) in [6, 6.07) is 8.03. The van der Waals surface area contributed by atoms with Crippen LogP contribution < -0.4 is 10.2 Å². The third kappa shape index (κ3) is 3.49. The Balaban J connectivity index is 1.40. The van der Waals surface area contributed by atoms with E-state index in [0.717, 1.165) is 44.7 Å². The molecule has 140 valence electrons. The maximum Gasteiger partial charge on any atom is 0.228 e. The van der Waals surface area contributed by atoms with Crippen LogP contribution in [0.5, 0.6) is 0 Å². The van der Waals surface area contributed by atoms with Crippen molar-refractivity contribution in [1.82, 2.24) is 10.2 Å². The topological polar surface area (TPSA) is 52.7 Å². The van der Waals surface area contributed by atoms with E-state index < -0.39 is 0 Å². The second-order valence-corrected chi connectivity index (χ2v) is 8.56. The van der Waals surface area contributed by atoms with Crippen LogP contribution in [0.4, 0.5) is 5.69 Å². The third-order valence-corrected chi connectivity index (χ3v) is 6.93. The highest BCUT2D eigenvalue weighted by Gasteiger charge is 2.39. The van der Waals surface area contributed by atoms with Gasteiger partial charge in [0.15, 0.2) is 0 Å². The first-order valence-electron chi connectivity index (χ1n) is 9.59. The van der Waals surface area contributed by atoms with Gasteiger partial charge in [0.05, 0.1) is 5.92 Å². The molecule has 0 radical (unpaired) electrons. The minimum Gasteiger partial charge on any atom is -0.342 e. The van der Waals surface area contributed by atoms with E-state index in [1.54, 1.807) is 16.7 Å². The number of nitrogens with zero attached hydrogens (tertiary/aromatic N) is 2. The van der Waals surface area contributed by atoms with Gasteiger partial charge in [0.25, 0.3) is 0 Å². The Morgan fingerprint density at radius 1 is 1.12 bits per heavy atom. The Kier molecular flexibility index (Phi) is 5.23. The second kappa shape index (κ2) is 7.61. The molecule has 3 heterocycles. The van der Waals surface area contributed by atoms with Crippen LogP contribution >= 0.6 is 11.8 Å². The fourth-order valence-corrected chi connectivity index (χ4v) is 4.99. The number of amides is 2. The Hall–Kier alpha value is -1.53. The molecule has 0 aromatic heterocycles. The van der Waals surface area contributed by atoms with Gasteiger partial charge in [-0.3, -0.25) is 9.59 Å². The summed E-state index contributed by atoms with van der Waals surface area (Å²) in [6.07, 6.45) is 4.55. The molecule has 1 unspecified atom stereocenters. The van der Waals surface area contributed by atoms with Crippen LogP contribution in [0.15, 0.2) is 29.2 Å². The van der Waals surface area contributed by atoms with Crippen molar-refractivity contribution in [3.8, 4) is 0 Å². The number of rotatable bonds is 3. The summed E-state index contributed by atoms with van der Waals surface area (Å²) in [7, 11) is 0. The number of benzene rings is 1. The van der Waals surface area contributed by atoms with Crippen molar-refractivity contribution in [3.05, 3.63) is 24.3 Å². The number of carbonyl (C=O) groups is 2. The number of hydrogen-bond acceptors (Lipinski definition) is 4. The lowest BCUT2D eigenvalue weighted by molar-refractivity contribution is -0.135. The van der Waals surface area contributed by atoms with E-state index in [9.17, 15) is 9.59 Å². The second-order valence-electron chi connectivity index (χ2n) is 7.68. The number of nitrogens with one attached hydrogen (secondary N) is 1. The molecule has 3 saturated heterocycles. The van der Waals surface area contributed by atoms with Crippen LogP contribution in [0, 0.1) is 17.8 Å². The first-order chi connectivity index (χ1) is 12.7. The van der Waals surface area contributed by atoms with Gasteiger partial charge in [-0.15, -0.1) is 11.8 Å². The molecule has 0 aliphatic carbocycles. The number of thioether (sulfide) groups is 1. The van der Waals surface area contributed by atoms with E-state index >= 15 is 0 Å².